The number of aromatic nitrogens is 1. The zero-order chi connectivity index (χ0) is 20.1. The Balaban J connectivity index is 1.44. The van der Waals surface area contributed by atoms with Crippen molar-refractivity contribution in [2.75, 3.05) is 19.6 Å². The average Bonchev–Trinajstić information content (AvgIpc) is 3.39. The first-order valence-corrected chi connectivity index (χ1v) is 9.91. The highest BCUT2D eigenvalue weighted by atomic mass is 19.1. The Morgan fingerprint density at radius 1 is 1.00 bits per heavy atom. The van der Waals surface area contributed by atoms with Gasteiger partial charge in [0.15, 0.2) is 0 Å². The number of benzene rings is 1. The van der Waals surface area contributed by atoms with E-state index in [0.717, 1.165) is 11.1 Å². The van der Waals surface area contributed by atoms with Gasteiger partial charge in [-0.15, -0.1) is 0 Å². The Kier molecular flexibility index (Phi) is 4.15. The van der Waals surface area contributed by atoms with E-state index in [2.05, 4.69) is 0 Å². The summed E-state index contributed by atoms with van der Waals surface area (Å²) in [6.45, 7) is 3.33. The van der Waals surface area contributed by atoms with Gasteiger partial charge in [0.2, 0.25) is 5.91 Å². The van der Waals surface area contributed by atoms with Gasteiger partial charge in [-0.3, -0.25) is 9.59 Å². The van der Waals surface area contributed by atoms with Crippen molar-refractivity contribution in [3.05, 3.63) is 77.9 Å². The molecule has 2 amide bonds. The van der Waals surface area contributed by atoms with Crippen molar-refractivity contribution < 1.29 is 14.0 Å². The zero-order valence-electron chi connectivity index (χ0n) is 16.2. The summed E-state index contributed by atoms with van der Waals surface area (Å²) < 4.78 is 15.8. The van der Waals surface area contributed by atoms with Gasteiger partial charge in [0.1, 0.15) is 11.5 Å². The minimum atomic E-state index is -0.306. The van der Waals surface area contributed by atoms with Crippen molar-refractivity contribution in [3.8, 4) is 0 Å². The minimum Gasteiger partial charge on any atom is -0.337 e. The van der Waals surface area contributed by atoms with E-state index in [-0.39, 0.29) is 35.5 Å². The van der Waals surface area contributed by atoms with Crippen molar-refractivity contribution in [3.63, 3.8) is 0 Å². The lowest BCUT2D eigenvalue weighted by molar-refractivity contribution is -0.130. The second-order valence-corrected chi connectivity index (χ2v) is 8.02. The second kappa shape index (κ2) is 6.72. The number of carbonyl (C=O) groups is 2. The SMILES string of the molecule is CC(=O)N1C[C@H]2CN(C(=O)c3ccc4ccccn34)C[C@H]2[C@H]1c1cccc(F)c1. The third-order valence-corrected chi connectivity index (χ3v) is 6.33. The van der Waals surface area contributed by atoms with Crippen LogP contribution in [0.1, 0.15) is 29.0 Å². The molecule has 4 heterocycles. The maximum absolute atomic E-state index is 13.9. The van der Waals surface area contributed by atoms with Crippen LogP contribution in [0, 0.1) is 17.7 Å². The monoisotopic (exact) mass is 391 g/mol. The van der Waals surface area contributed by atoms with Crippen LogP contribution in [0.25, 0.3) is 5.52 Å². The molecule has 2 fully saturated rings. The summed E-state index contributed by atoms with van der Waals surface area (Å²) >= 11 is 0. The fourth-order valence-electron chi connectivity index (χ4n) is 5.05. The number of rotatable bonds is 2. The van der Waals surface area contributed by atoms with E-state index in [1.54, 1.807) is 13.0 Å². The average molecular weight is 391 g/mol. The number of likely N-dealkylation sites (tertiary alicyclic amines) is 2. The molecule has 0 aliphatic carbocycles. The molecule has 0 N–H and O–H groups in total. The predicted molar refractivity (Wildman–Crippen MR) is 107 cm³/mol. The van der Waals surface area contributed by atoms with Crippen LogP contribution in [0.3, 0.4) is 0 Å². The number of hydrogen-bond donors (Lipinski definition) is 0. The molecular formula is C23H22FN3O2. The summed E-state index contributed by atoms with van der Waals surface area (Å²) in [5, 5.41) is 0. The number of carbonyl (C=O) groups excluding carboxylic acids is 2. The van der Waals surface area contributed by atoms with Crippen LogP contribution in [-0.2, 0) is 4.79 Å². The van der Waals surface area contributed by atoms with Crippen molar-refractivity contribution >= 4 is 17.3 Å². The van der Waals surface area contributed by atoms with E-state index in [9.17, 15) is 14.0 Å². The van der Waals surface area contributed by atoms with Gasteiger partial charge in [-0.2, -0.15) is 0 Å². The second-order valence-electron chi connectivity index (χ2n) is 8.02. The molecule has 0 bridgehead atoms. The van der Waals surface area contributed by atoms with E-state index < -0.39 is 0 Å². The van der Waals surface area contributed by atoms with Gasteiger partial charge in [-0.25, -0.2) is 4.39 Å². The summed E-state index contributed by atoms with van der Waals surface area (Å²) in [5.41, 5.74) is 2.43. The molecule has 5 nitrogen and oxygen atoms in total. The number of hydrogen-bond acceptors (Lipinski definition) is 2. The van der Waals surface area contributed by atoms with E-state index in [0.29, 0.717) is 25.3 Å². The lowest BCUT2D eigenvalue weighted by Crippen LogP contribution is -2.36. The molecule has 0 radical (unpaired) electrons. The number of halogens is 1. The maximum atomic E-state index is 13.9. The highest BCUT2D eigenvalue weighted by Gasteiger charge is 2.49. The third kappa shape index (κ3) is 2.90. The van der Waals surface area contributed by atoms with Gasteiger partial charge in [-0.05, 0) is 42.0 Å². The summed E-state index contributed by atoms with van der Waals surface area (Å²) in [6, 6.07) is 15.9. The number of amides is 2. The number of nitrogens with zero attached hydrogens (tertiary/aromatic N) is 3. The summed E-state index contributed by atoms with van der Waals surface area (Å²) in [6.07, 6.45) is 1.90. The number of fused-ring (bicyclic) bond motifs is 2. The van der Waals surface area contributed by atoms with Crippen LogP contribution >= 0.6 is 0 Å². The Morgan fingerprint density at radius 3 is 2.66 bits per heavy atom. The zero-order valence-corrected chi connectivity index (χ0v) is 16.2. The van der Waals surface area contributed by atoms with Crippen LogP contribution in [0.5, 0.6) is 0 Å². The van der Waals surface area contributed by atoms with Crippen LogP contribution < -0.4 is 0 Å². The third-order valence-electron chi connectivity index (χ3n) is 6.33. The topological polar surface area (TPSA) is 45.0 Å². The van der Waals surface area contributed by atoms with Gasteiger partial charge < -0.3 is 14.2 Å². The number of pyridine rings is 1. The molecule has 0 spiro atoms. The van der Waals surface area contributed by atoms with E-state index in [1.165, 1.54) is 12.1 Å². The summed E-state index contributed by atoms with van der Waals surface area (Å²) in [7, 11) is 0. The quantitative estimate of drug-likeness (QED) is 0.672. The minimum absolute atomic E-state index is 0.00188. The Bertz CT molecular complexity index is 1110. The molecule has 5 rings (SSSR count). The first-order chi connectivity index (χ1) is 14.0. The van der Waals surface area contributed by atoms with Crippen LogP contribution in [-0.4, -0.2) is 45.6 Å². The van der Waals surface area contributed by atoms with Gasteiger partial charge in [0.05, 0.1) is 6.04 Å². The Labute approximate surface area is 168 Å². The standard InChI is InChI=1S/C23H22FN3O2/c1-15(28)27-13-17-12-25(14-20(17)22(27)16-5-4-6-18(24)11-16)23(29)21-9-8-19-7-2-3-10-26(19)21/h2-11,17,20,22H,12-14H2,1H3/t17-,20-,22-/m1/s1. The molecular weight excluding hydrogens is 369 g/mol. The molecule has 1 aromatic carbocycles. The fraction of sp³-hybridized carbons (Fsp3) is 0.304. The molecule has 2 aliphatic heterocycles. The highest BCUT2D eigenvalue weighted by Crippen LogP contribution is 2.45. The molecule has 3 atom stereocenters. The van der Waals surface area contributed by atoms with E-state index >= 15 is 0 Å². The van der Waals surface area contributed by atoms with Crippen LogP contribution in [0.15, 0.2) is 60.8 Å². The molecule has 0 saturated carbocycles. The summed E-state index contributed by atoms with van der Waals surface area (Å²) in [5.74, 6) is -0.0136. The molecule has 29 heavy (non-hydrogen) atoms. The van der Waals surface area contributed by atoms with Crippen molar-refractivity contribution in [1.29, 1.82) is 0 Å². The smallest absolute Gasteiger partial charge is 0.270 e. The fourth-order valence-corrected chi connectivity index (χ4v) is 5.05. The predicted octanol–water partition coefficient (Wildman–Crippen LogP) is 3.37. The van der Waals surface area contributed by atoms with Gasteiger partial charge in [0.25, 0.3) is 5.91 Å². The Hall–Kier alpha value is -3.15. The molecule has 2 aliphatic rings. The van der Waals surface area contributed by atoms with E-state index in [4.69, 9.17) is 0 Å². The molecule has 2 saturated heterocycles. The summed E-state index contributed by atoms with van der Waals surface area (Å²) in [4.78, 5) is 29.2. The maximum Gasteiger partial charge on any atom is 0.270 e. The van der Waals surface area contributed by atoms with Gasteiger partial charge >= 0.3 is 0 Å². The van der Waals surface area contributed by atoms with Gasteiger partial charge in [0, 0.05) is 50.1 Å². The van der Waals surface area contributed by atoms with Crippen molar-refractivity contribution in [2.24, 2.45) is 11.8 Å². The van der Waals surface area contributed by atoms with Crippen LogP contribution in [0.4, 0.5) is 4.39 Å². The first kappa shape index (κ1) is 17.9. The molecule has 2 aromatic heterocycles. The molecule has 148 valence electrons. The lowest BCUT2D eigenvalue weighted by Gasteiger charge is -2.29. The van der Waals surface area contributed by atoms with Gasteiger partial charge in [-0.1, -0.05) is 18.2 Å². The highest BCUT2D eigenvalue weighted by molar-refractivity contribution is 5.94. The largest absolute Gasteiger partial charge is 0.337 e. The Morgan fingerprint density at radius 2 is 1.86 bits per heavy atom. The first-order valence-electron chi connectivity index (χ1n) is 9.91. The van der Waals surface area contributed by atoms with E-state index in [1.807, 2.05) is 56.8 Å². The molecule has 3 aromatic rings. The van der Waals surface area contributed by atoms with Crippen molar-refractivity contribution in [1.82, 2.24) is 14.2 Å². The normalized spacial score (nSPS) is 23.6. The van der Waals surface area contributed by atoms with Crippen LogP contribution in [0.2, 0.25) is 0 Å². The molecule has 6 heteroatoms. The molecule has 0 unspecified atom stereocenters. The van der Waals surface area contributed by atoms with Crippen molar-refractivity contribution in [2.45, 2.75) is 13.0 Å². The lowest BCUT2D eigenvalue weighted by atomic mass is 9.89.